The summed E-state index contributed by atoms with van der Waals surface area (Å²) in [5.74, 6) is 0. The van der Waals surface area contributed by atoms with Crippen LogP contribution in [-0.4, -0.2) is 7.27 Å². The molecule has 12 heavy (non-hydrogen) atoms. The van der Waals surface area contributed by atoms with Gasteiger partial charge < -0.3 is 0 Å². The van der Waals surface area contributed by atoms with Crippen LogP contribution < -0.4 is 5.46 Å². The quantitative estimate of drug-likeness (QED) is 0.564. The van der Waals surface area contributed by atoms with Gasteiger partial charge in [0.15, 0.2) is 0 Å². The van der Waals surface area contributed by atoms with Gasteiger partial charge in [0.1, 0.15) is 0 Å². The van der Waals surface area contributed by atoms with Crippen molar-refractivity contribution in [1.82, 2.24) is 0 Å². The highest BCUT2D eigenvalue weighted by atomic mass is 19.2. The normalized spacial score (nSPS) is 10.1. The first-order valence-electron chi connectivity index (χ1n) is 3.89. The molecule has 3 heteroatoms. The van der Waals surface area contributed by atoms with E-state index >= 15 is 0 Å². The molecule has 0 nitrogen and oxygen atoms in total. The molecule has 1 aromatic carbocycles. The van der Waals surface area contributed by atoms with Crippen molar-refractivity contribution in [2.24, 2.45) is 0 Å². The van der Waals surface area contributed by atoms with Crippen LogP contribution in [0.3, 0.4) is 0 Å². The zero-order valence-corrected chi connectivity index (χ0v) is 7.49. The van der Waals surface area contributed by atoms with Gasteiger partial charge >= 0.3 is 7.27 Å². The molecule has 0 aliphatic carbocycles. The van der Waals surface area contributed by atoms with Crippen LogP contribution in [0.2, 0.25) is 0 Å². The molecule has 0 spiro atoms. The summed E-state index contributed by atoms with van der Waals surface area (Å²) in [5.41, 5.74) is 2.90. The molecule has 64 valence electrons. The predicted octanol–water partition coefficient (Wildman–Crippen LogP) is 2.25. The molecule has 0 fully saturated rings. The van der Waals surface area contributed by atoms with Gasteiger partial charge in [-0.05, 0) is 42.9 Å². The number of hydrogen-bond donors (Lipinski definition) is 0. The van der Waals surface area contributed by atoms with Crippen molar-refractivity contribution in [1.29, 1.82) is 0 Å². The Morgan fingerprint density at radius 3 is 2.08 bits per heavy atom. The SMILES string of the molecule is Cc1ccc(B(F)F)c(C)c1C. The van der Waals surface area contributed by atoms with E-state index in [1.54, 1.807) is 13.0 Å². The second-order valence-corrected chi connectivity index (χ2v) is 3.02. The number of aryl methyl sites for hydroxylation is 1. The molecule has 0 atom stereocenters. The fraction of sp³-hybridized carbons (Fsp3) is 0.333. The lowest BCUT2D eigenvalue weighted by Crippen LogP contribution is -2.24. The summed E-state index contributed by atoms with van der Waals surface area (Å²) in [6, 6.07) is 3.24. The van der Waals surface area contributed by atoms with Crippen molar-refractivity contribution < 1.29 is 8.63 Å². The summed E-state index contributed by atoms with van der Waals surface area (Å²) in [6.07, 6.45) is 0. The Labute approximate surface area is 71.8 Å². The van der Waals surface area contributed by atoms with Crippen LogP contribution >= 0.6 is 0 Å². The van der Waals surface area contributed by atoms with E-state index in [-0.39, 0.29) is 5.46 Å². The van der Waals surface area contributed by atoms with Gasteiger partial charge in [0.05, 0.1) is 0 Å². The molecule has 0 radical (unpaired) electrons. The van der Waals surface area contributed by atoms with E-state index in [9.17, 15) is 8.63 Å². The third-order valence-electron chi connectivity index (χ3n) is 2.34. The zero-order chi connectivity index (χ0) is 9.30. The fourth-order valence-corrected chi connectivity index (χ4v) is 1.21. The molecule has 1 aromatic rings. The van der Waals surface area contributed by atoms with Gasteiger partial charge in [0.2, 0.25) is 0 Å². The number of halogens is 2. The molecule has 0 amide bonds. The maximum Gasteiger partial charge on any atom is 0.572 e. The fourth-order valence-electron chi connectivity index (χ4n) is 1.21. The Morgan fingerprint density at radius 1 is 1.00 bits per heavy atom. The van der Waals surface area contributed by atoms with Crippen LogP contribution in [0.15, 0.2) is 12.1 Å². The van der Waals surface area contributed by atoms with Gasteiger partial charge in [0.25, 0.3) is 0 Å². The Morgan fingerprint density at radius 2 is 1.58 bits per heavy atom. The van der Waals surface area contributed by atoms with E-state index in [0.29, 0.717) is 5.56 Å². The highest BCUT2D eigenvalue weighted by Crippen LogP contribution is 2.10. The molecule has 0 saturated carbocycles. The molecule has 0 bridgehead atoms. The molecule has 0 N–H and O–H groups in total. The van der Waals surface area contributed by atoms with Crippen molar-refractivity contribution >= 4 is 12.7 Å². The average Bonchev–Trinajstić information content (AvgIpc) is 2.00. The summed E-state index contributed by atoms with van der Waals surface area (Å²) in [4.78, 5) is 0. The number of rotatable bonds is 1. The molecule has 0 unspecified atom stereocenters. The Hall–Kier alpha value is -0.855. The highest BCUT2D eigenvalue weighted by Gasteiger charge is 2.19. The lowest BCUT2D eigenvalue weighted by molar-refractivity contribution is 0.684. The monoisotopic (exact) mass is 168 g/mol. The summed E-state index contributed by atoms with van der Waals surface area (Å²) in [7, 11) is -2.36. The second-order valence-electron chi connectivity index (χ2n) is 3.02. The minimum Gasteiger partial charge on any atom is -0.281 e. The van der Waals surface area contributed by atoms with Crippen molar-refractivity contribution in [3.05, 3.63) is 28.8 Å². The van der Waals surface area contributed by atoms with Crippen molar-refractivity contribution in [2.75, 3.05) is 0 Å². The van der Waals surface area contributed by atoms with Crippen LogP contribution in [0.5, 0.6) is 0 Å². The minimum atomic E-state index is -2.36. The Bertz CT molecular complexity index is 295. The van der Waals surface area contributed by atoms with Crippen LogP contribution in [0, 0.1) is 20.8 Å². The molecule has 0 heterocycles. The summed E-state index contributed by atoms with van der Waals surface area (Å²) < 4.78 is 24.7. The lowest BCUT2D eigenvalue weighted by atomic mass is 9.80. The molecule has 0 aromatic heterocycles. The van der Waals surface area contributed by atoms with Gasteiger partial charge in [-0.2, -0.15) is 0 Å². The van der Waals surface area contributed by atoms with Crippen LogP contribution in [0.1, 0.15) is 16.7 Å². The Balaban J connectivity index is 3.27. The standard InChI is InChI=1S/C9H11BF2/c1-6-4-5-9(10(11)12)8(3)7(6)2/h4-5H,1-3H3. The molecule has 0 aliphatic rings. The molecule has 0 aliphatic heterocycles. The molecular formula is C9H11BF2. The molecule has 0 saturated heterocycles. The van der Waals surface area contributed by atoms with Crippen molar-refractivity contribution in [3.8, 4) is 0 Å². The maximum absolute atomic E-state index is 12.3. The number of benzene rings is 1. The maximum atomic E-state index is 12.3. The Kier molecular flexibility index (Phi) is 2.50. The summed E-state index contributed by atoms with van der Waals surface area (Å²) >= 11 is 0. The van der Waals surface area contributed by atoms with E-state index in [1.807, 2.05) is 13.8 Å². The van der Waals surface area contributed by atoms with E-state index in [0.717, 1.165) is 11.1 Å². The second kappa shape index (κ2) is 3.25. The van der Waals surface area contributed by atoms with Crippen LogP contribution in [0.4, 0.5) is 8.63 Å². The van der Waals surface area contributed by atoms with E-state index < -0.39 is 7.27 Å². The minimum absolute atomic E-state index is 0.151. The highest BCUT2D eigenvalue weighted by molar-refractivity contribution is 6.60. The lowest BCUT2D eigenvalue weighted by Gasteiger charge is -2.08. The molecular weight excluding hydrogens is 157 g/mol. The van der Waals surface area contributed by atoms with E-state index in [1.165, 1.54) is 6.07 Å². The first-order chi connectivity index (χ1) is 5.54. The van der Waals surface area contributed by atoms with Gasteiger partial charge in [-0.15, -0.1) is 0 Å². The van der Waals surface area contributed by atoms with E-state index in [2.05, 4.69) is 0 Å². The topological polar surface area (TPSA) is 0 Å². The van der Waals surface area contributed by atoms with Crippen molar-refractivity contribution in [2.45, 2.75) is 20.8 Å². The third kappa shape index (κ3) is 1.49. The van der Waals surface area contributed by atoms with Gasteiger partial charge in [-0.3, -0.25) is 8.63 Å². The molecule has 1 rings (SSSR count). The van der Waals surface area contributed by atoms with Crippen LogP contribution in [0.25, 0.3) is 0 Å². The smallest absolute Gasteiger partial charge is 0.281 e. The average molecular weight is 168 g/mol. The first kappa shape index (κ1) is 9.23. The first-order valence-corrected chi connectivity index (χ1v) is 3.89. The van der Waals surface area contributed by atoms with Gasteiger partial charge in [-0.1, -0.05) is 12.1 Å². The summed E-state index contributed by atoms with van der Waals surface area (Å²) in [6.45, 7) is 5.54. The largest absolute Gasteiger partial charge is 0.572 e. The predicted molar refractivity (Wildman–Crippen MR) is 48.3 cm³/mol. The third-order valence-corrected chi connectivity index (χ3v) is 2.34. The van der Waals surface area contributed by atoms with Gasteiger partial charge in [0, 0.05) is 0 Å². The van der Waals surface area contributed by atoms with Gasteiger partial charge in [-0.25, -0.2) is 0 Å². The zero-order valence-electron chi connectivity index (χ0n) is 7.49. The summed E-state index contributed by atoms with van der Waals surface area (Å²) in [5, 5.41) is 0. The van der Waals surface area contributed by atoms with Crippen molar-refractivity contribution in [3.63, 3.8) is 0 Å². The van der Waals surface area contributed by atoms with Crippen LogP contribution in [-0.2, 0) is 0 Å². The number of hydrogen-bond acceptors (Lipinski definition) is 0. The van der Waals surface area contributed by atoms with E-state index in [4.69, 9.17) is 0 Å².